The van der Waals surface area contributed by atoms with E-state index in [-0.39, 0.29) is 11.2 Å². The number of aromatic nitrogens is 1. The lowest BCUT2D eigenvalue weighted by Gasteiger charge is -2.20. The summed E-state index contributed by atoms with van der Waals surface area (Å²) in [5, 5.41) is 6.21. The monoisotopic (exact) mass is 299 g/mol. The fourth-order valence-electron chi connectivity index (χ4n) is 1.83. The molecule has 1 amide bonds. The average molecular weight is 299 g/mol. The maximum atomic E-state index is 12.0. The Balaban J connectivity index is 1.83. The maximum Gasteiger partial charge on any atom is 0.238 e. The summed E-state index contributed by atoms with van der Waals surface area (Å²) >= 11 is 6.77. The SMILES string of the molecule is Cc1cc(NC(=O)[C@H](C)SC(=S)N2CCCC2)no1. The summed E-state index contributed by atoms with van der Waals surface area (Å²) in [6, 6.07) is 1.69. The summed E-state index contributed by atoms with van der Waals surface area (Å²) in [6.45, 7) is 5.63. The van der Waals surface area contributed by atoms with Gasteiger partial charge in [-0.15, -0.1) is 0 Å². The van der Waals surface area contributed by atoms with Gasteiger partial charge in [0.15, 0.2) is 5.82 Å². The second-order valence-electron chi connectivity index (χ2n) is 4.53. The van der Waals surface area contributed by atoms with E-state index in [0.29, 0.717) is 11.6 Å². The van der Waals surface area contributed by atoms with Gasteiger partial charge < -0.3 is 14.7 Å². The number of nitrogens with one attached hydrogen (secondary N) is 1. The van der Waals surface area contributed by atoms with Gasteiger partial charge in [0.25, 0.3) is 0 Å². The number of carbonyl (C=O) groups excluding carboxylic acids is 1. The quantitative estimate of drug-likeness (QED) is 0.865. The van der Waals surface area contributed by atoms with Crippen molar-refractivity contribution >= 4 is 40.0 Å². The summed E-state index contributed by atoms with van der Waals surface area (Å²) in [6.07, 6.45) is 2.36. The number of anilines is 1. The molecule has 0 aromatic carbocycles. The molecule has 0 saturated carbocycles. The molecule has 1 atom stereocenters. The third-order valence-corrected chi connectivity index (χ3v) is 4.46. The van der Waals surface area contributed by atoms with Gasteiger partial charge in [-0.2, -0.15) is 0 Å². The molecule has 5 nitrogen and oxygen atoms in total. The van der Waals surface area contributed by atoms with Gasteiger partial charge in [0, 0.05) is 19.2 Å². The average Bonchev–Trinajstić information content (AvgIpc) is 3.00. The Morgan fingerprint density at radius 1 is 1.58 bits per heavy atom. The molecule has 2 rings (SSSR count). The molecule has 0 bridgehead atoms. The fraction of sp³-hybridized carbons (Fsp3) is 0.583. The van der Waals surface area contributed by atoms with Crippen molar-refractivity contribution in [1.82, 2.24) is 10.1 Å². The van der Waals surface area contributed by atoms with Gasteiger partial charge in [0.05, 0.1) is 5.25 Å². The molecule has 19 heavy (non-hydrogen) atoms. The lowest BCUT2D eigenvalue weighted by Crippen LogP contribution is -2.29. The Morgan fingerprint density at radius 2 is 2.26 bits per heavy atom. The number of nitrogens with zero attached hydrogens (tertiary/aromatic N) is 2. The minimum absolute atomic E-state index is 0.111. The van der Waals surface area contributed by atoms with Gasteiger partial charge in [-0.1, -0.05) is 29.1 Å². The zero-order valence-electron chi connectivity index (χ0n) is 11.0. The lowest BCUT2D eigenvalue weighted by molar-refractivity contribution is -0.115. The van der Waals surface area contributed by atoms with Gasteiger partial charge in [-0.05, 0) is 26.7 Å². The molecule has 104 valence electrons. The molecule has 7 heteroatoms. The molecule has 1 fully saturated rings. The lowest BCUT2D eigenvalue weighted by atomic mass is 10.4. The number of thioether (sulfide) groups is 1. The first kappa shape index (κ1) is 14.3. The van der Waals surface area contributed by atoms with Crippen LogP contribution in [0.15, 0.2) is 10.6 Å². The largest absolute Gasteiger partial charge is 0.360 e. The molecule has 1 aliphatic rings. The van der Waals surface area contributed by atoms with Crippen LogP contribution in [0.5, 0.6) is 0 Å². The number of hydrogen-bond donors (Lipinski definition) is 1. The zero-order chi connectivity index (χ0) is 13.8. The van der Waals surface area contributed by atoms with Gasteiger partial charge in [-0.25, -0.2) is 0 Å². The summed E-state index contributed by atoms with van der Waals surface area (Å²) in [5.41, 5.74) is 0. The number of hydrogen-bond acceptors (Lipinski definition) is 5. The molecule has 1 saturated heterocycles. The van der Waals surface area contributed by atoms with E-state index in [2.05, 4.69) is 15.4 Å². The van der Waals surface area contributed by atoms with Gasteiger partial charge >= 0.3 is 0 Å². The third kappa shape index (κ3) is 3.94. The van der Waals surface area contributed by atoms with Crippen LogP contribution in [-0.4, -0.2) is 38.6 Å². The Morgan fingerprint density at radius 3 is 2.84 bits per heavy atom. The first-order valence-corrected chi connectivity index (χ1v) is 7.55. The van der Waals surface area contributed by atoms with Gasteiger partial charge in [0.2, 0.25) is 5.91 Å². The van der Waals surface area contributed by atoms with Crippen LogP contribution >= 0.6 is 24.0 Å². The van der Waals surface area contributed by atoms with Crippen molar-refractivity contribution in [2.75, 3.05) is 18.4 Å². The molecule has 1 aromatic rings. The Kier molecular flexibility index (Phi) is 4.81. The Bertz CT molecular complexity index is 469. The summed E-state index contributed by atoms with van der Waals surface area (Å²) in [5.74, 6) is 1.00. The minimum Gasteiger partial charge on any atom is -0.360 e. The Hall–Kier alpha value is -1.08. The first-order valence-electron chi connectivity index (χ1n) is 6.26. The summed E-state index contributed by atoms with van der Waals surface area (Å²) in [7, 11) is 0. The summed E-state index contributed by atoms with van der Waals surface area (Å²) < 4.78 is 5.70. The number of aryl methyl sites for hydroxylation is 1. The fourth-order valence-corrected chi connectivity index (χ4v) is 3.25. The summed E-state index contributed by atoms with van der Waals surface area (Å²) in [4.78, 5) is 14.1. The van der Waals surface area contributed by atoms with Crippen LogP contribution in [0.4, 0.5) is 5.82 Å². The Labute approximate surface area is 122 Å². The van der Waals surface area contributed by atoms with E-state index in [4.69, 9.17) is 16.7 Å². The zero-order valence-corrected chi connectivity index (χ0v) is 12.6. The minimum atomic E-state index is -0.245. The second-order valence-corrected chi connectivity index (χ2v) is 6.51. The van der Waals surface area contributed by atoms with E-state index in [0.717, 1.165) is 17.4 Å². The van der Waals surface area contributed by atoms with E-state index >= 15 is 0 Å². The van der Waals surface area contributed by atoms with Crippen LogP contribution < -0.4 is 5.32 Å². The highest BCUT2D eigenvalue weighted by Gasteiger charge is 2.21. The normalized spacial score (nSPS) is 16.4. The van der Waals surface area contributed by atoms with E-state index in [1.54, 1.807) is 13.0 Å². The van der Waals surface area contributed by atoms with Crippen LogP contribution in [-0.2, 0) is 4.79 Å². The molecule has 0 spiro atoms. The number of rotatable bonds is 3. The molecule has 1 aliphatic heterocycles. The predicted molar refractivity (Wildman–Crippen MR) is 80.3 cm³/mol. The van der Waals surface area contributed by atoms with E-state index in [9.17, 15) is 4.79 Å². The van der Waals surface area contributed by atoms with Crippen LogP contribution in [0.2, 0.25) is 0 Å². The van der Waals surface area contributed by atoms with E-state index in [1.165, 1.54) is 24.6 Å². The van der Waals surface area contributed by atoms with Crippen LogP contribution in [0.1, 0.15) is 25.5 Å². The van der Waals surface area contributed by atoms with E-state index < -0.39 is 0 Å². The highest BCUT2D eigenvalue weighted by atomic mass is 32.2. The number of likely N-dealkylation sites (tertiary alicyclic amines) is 1. The highest BCUT2D eigenvalue weighted by molar-refractivity contribution is 8.23. The number of amides is 1. The third-order valence-electron chi connectivity index (χ3n) is 2.89. The molecule has 1 aromatic heterocycles. The van der Waals surface area contributed by atoms with Gasteiger partial charge in [0.1, 0.15) is 10.1 Å². The topological polar surface area (TPSA) is 58.4 Å². The maximum absolute atomic E-state index is 12.0. The second kappa shape index (κ2) is 6.38. The molecule has 1 N–H and O–H groups in total. The van der Waals surface area contributed by atoms with Crippen LogP contribution in [0.3, 0.4) is 0 Å². The molecular formula is C12H17N3O2S2. The smallest absolute Gasteiger partial charge is 0.238 e. The van der Waals surface area contributed by atoms with Crippen molar-refractivity contribution in [3.63, 3.8) is 0 Å². The van der Waals surface area contributed by atoms with Crippen molar-refractivity contribution in [2.24, 2.45) is 0 Å². The number of carbonyl (C=O) groups is 1. The number of thiocarbonyl (C=S) groups is 1. The van der Waals surface area contributed by atoms with Crippen molar-refractivity contribution in [1.29, 1.82) is 0 Å². The van der Waals surface area contributed by atoms with Crippen molar-refractivity contribution < 1.29 is 9.32 Å². The molecule has 0 unspecified atom stereocenters. The van der Waals surface area contributed by atoms with Crippen molar-refractivity contribution in [2.45, 2.75) is 31.9 Å². The van der Waals surface area contributed by atoms with Crippen LogP contribution in [0.25, 0.3) is 0 Å². The van der Waals surface area contributed by atoms with Crippen molar-refractivity contribution in [3.05, 3.63) is 11.8 Å². The highest BCUT2D eigenvalue weighted by Crippen LogP contribution is 2.21. The van der Waals surface area contributed by atoms with E-state index in [1.807, 2.05) is 6.92 Å². The molecule has 0 aliphatic carbocycles. The molecule has 2 heterocycles. The standard InChI is InChI=1S/C12H17N3O2S2/c1-8-7-10(14-17-8)13-11(16)9(2)19-12(18)15-5-3-4-6-15/h7,9H,3-6H2,1-2H3,(H,13,14,16)/t9-/m0/s1. The van der Waals surface area contributed by atoms with Gasteiger partial charge in [-0.3, -0.25) is 4.79 Å². The first-order chi connectivity index (χ1) is 9.06. The molecule has 0 radical (unpaired) electrons. The predicted octanol–water partition coefficient (Wildman–Crippen LogP) is 2.42. The molecular weight excluding hydrogens is 282 g/mol. The van der Waals surface area contributed by atoms with Crippen molar-refractivity contribution in [3.8, 4) is 0 Å². The van der Waals surface area contributed by atoms with Crippen LogP contribution in [0, 0.1) is 6.92 Å².